The maximum Gasteiger partial charge on any atom is 0.152 e. The summed E-state index contributed by atoms with van der Waals surface area (Å²) in [6.07, 6.45) is 7.47. The largest absolute Gasteiger partial charge is 0.323 e. The van der Waals surface area contributed by atoms with Crippen molar-refractivity contribution in [1.29, 1.82) is 0 Å². The molecule has 120 valence electrons. The number of nitrogens with zero attached hydrogens (tertiary/aromatic N) is 7. The summed E-state index contributed by atoms with van der Waals surface area (Å²) in [7, 11) is 1.89. The summed E-state index contributed by atoms with van der Waals surface area (Å²) < 4.78 is 5.66. The van der Waals surface area contributed by atoms with E-state index in [1.807, 2.05) is 49.2 Å². The molecule has 0 aliphatic carbocycles. The van der Waals surface area contributed by atoms with Crippen LogP contribution >= 0.6 is 0 Å². The van der Waals surface area contributed by atoms with Gasteiger partial charge in [-0.1, -0.05) is 30.3 Å². The van der Waals surface area contributed by atoms with Gasteiger partial charge in [-0.15, -0.1) is 0 Å². The SMILES string of the molecule is Cc1nc(Cn2ccnc2-c2ccccc2)n(-c2cnn(C)c2)n1. The molecule has 0 saturated heterocycles. The predicted octanol–water partition coefficient (Wildman–Crippen LogP) is 2.22. The summed E-state index contributed by atoms with van der Waals surface area (Å²) in [5.41, 5.74) is 1.97. The molecule has 7 heteroatoms. The van der Waals surface area contributed by atoms with E-state index in [4.69, 9.17) is 0 Å². The fraction of sp³-hybridized carbons (Fsp3) is 0.176. The van der Waals surface area contributed by atoms with Crippen molar-refractivity contribution in [1.82, 2.24) is 34.1 Å². The van der Waals surface area contributed by atoms with Crippen molar-refractivity contribution in [3.05, 3.63) is 66.8 Å². The van der Waals surface area contributed by atoms with E-state index in [0.717, 1.165) is 28.7 Å². The van der Waals surface area contributed by atoms with Crippen molar-refractivity contribution in [3.8, 4) is 17.1 Å². The normalized spacial score (nSPS) is 11.1. The molecule has 0 amide bonds. The minimum Gasteiger partial charge on any atom is -0.323 e. The van der Waals surface area contributed by atoms with Gasteiger partial charge in [-0.3, -0.25) is 4.68 Å². The zero-order chi connectivity index (χ0) is 16.5. The maximum atomic E-state index is 4.57. The Morgan fingerprint density at radius 2 is 1.96 bits per heavy atom. The highest BCUT2D eigenvalue weighted by Gasteiger charge is 2.14. The number of hydrogen-bond donors (Lipinski definition) is 0. The lowest BCUT2D eigenvalue weighted by Crippen LogP contribution is -2.08. The third-order valence-corrected chi connectivity index (χ3v) is 3.78. The van der Waals surface area contributed by atoms with Gasteiger partial charge in [0.05, 0.1) is 18.9 Å². The molecule has 0 N–H and O–H groups in total. The molecule has 3 heterocycles. The highest BCUT2D eigenvalue weighted by Crippen LogP contribution is 2.18. The van der Waals surface area contributed by atoms with Gasteiger partial charge in [0.2, 0.25) is 0 Å². The van der Waals surface area contributed by atoms with E-state index >= 15 is 0 Å². The van der Waals surface area contributed by atoms with E-state index in [2.05, 4.69) is 36.9 Å². The van der Waals surface area contributed by atoms with Crippen LogP contribution in [0.4, 0.5) is 0 Å². The van der Waals surface area contributed by atoms with Crippen LogP contribution in [-0.2, 0) is 13.6 Å². The van der Waals surface area contributed by atoms with E-state index in [1.165, 1.54) is 0 Å². The van der Waals surface area contributed by atoms with E-state index in [0.29, 0.717) is 6.54 Å². The van der Waals surface area contributed by atoms with Crippen molar-refractivity contribution in [2.24, 2.45) is 7.05 Å². The van der Waals surface area contributed by atoms with Gasteiger partial charge in [0.25, 0.3) is 0 Å². The lowest BCUT2D eigenvalue weighted by atomic mass is 10.2. The van der Waals surface area contributed by atoms with Crippen LogP contribution in [0.15, 0.2) is 55.1 Å². The van der Waals surface area contributed by atoms with Gasteiger partial charge in [-0.2, -0.15) is 10.2 Å². The number of aromatic nitrogens is 7. The molecule has 0 aliphatic rings. The topological polar surface area (TPSA) is 66.3 Å². The second-order valence-corrected chi connectivity index (χ2v) is 5.60. The Morgan fingerprint density at radius 1 is 1.12 bits per heavy atom. The van der Waals surface area contributed by atoms with Crippen LogP contribution in [0, 0.1) is 6.92 Å². The third kappa shape index (κ3) is 2.60. The molecule has 0 unspecified atom stereocenters. The van der Waals surface area contributed by atoms with Crippen LogP contribution in [0.25, 0.3) is 17.1 Å². The number of benzene rings is 1. The first-order chi connectivity index (χ1) is 11.7. The Labute approximate surface area is 139 Å². The Bertz CT molecular complexity index is 962. The molecule has 0 saturated carbocycles. The summed E-state index contributed by atoms with van der Waals surface area (Å²) in [4.78, 5) is 9.06. The summed E-state index contributed by atoms with van der Waals surface area (Å²) in [5, 5.41) is 8.71. The van der Waals surface area contributed by atoms with Crippen LogP contribution in [-0.4, -0.2) is 34.1 Å². The molecule has 0 aliphatic heterocycles. The fourth-order valence-electron chi connectivity index (χ4n) is 2.72. The van der Waals surface area contributed by atoms with E-state index in [1.54, 1.807) is 17.1 Å². The fourth-order valence-corrected chi connectivity index (χ4v) is 2.72. The summed E-state index contributed by atoms with van der Waals surface area (Å²) in [6, 6.07) is 10.1. The van der Waals surface area contributed by atoms with Crippen molar-refractivity contribution in [2.45, 2.75) is 13.5 Å². The van der Waals surface area contributed by atoms with Crippen LogP contribution in [0.2, 0.25) is 0 Å². The lowest BCUT2D eigenvalue weighted by molar-refractivity contribution is 0.705. The smallest absolute Gasteiger partial charge is 0.152 e. The molecule has 24 heavy (non-hydrogen) atoms. The number of rotatable bonds is 4. The number of hydrogen-bond acceptors (Lipinski definition) is 4. The van der Waals surface area contributed by atoms with Crippen LogP contribution in [0.5, 0.6) is 0 Å². The molecule has 3 aromatic heterocycles. The molecular formula is C17H17N7. The van der Waals surface area contributed by atoms with Crippen LogP contribution < -0.4 is 0 Å². The molecule has 0 bridgehead atoms. The Morgan fingerprint density at radius 3 is 2.71 bits per heavy atom. The number of imidazole rings is 1. The standard InChI is InChI=1S/C17H17N7/c1-13-20-16(24(21-13)15-10-19-22(2)11-15)12-23-9-8-18-17(23)14-6-4-3-5-7-14/h3-11H,12H2,1-2H3. The molecular weight excluding hydrogens is 302 g/mol. The van der Waals surface area contributed by atoms with E-state index in [9.17, 15) is 0 Å². The first-order valence-electron chi connectivity index (χ1n) is 7.69. The molecule has 0 radical (unpaired) electrons. The summed E-state index contributed by atoms with van der Waals surface area (Å²) in [6.45, 7) is 2.47. The molecule has 0 fully saturated rings. The zero-order valence-corrected chi connectivity index (χ0v) is 13.5. The molecule has 7 nitrogen and oxygen atoms in total. The average Bonchev–Trinajstić information content (AvgIpc) is 3.29. The molecule has 1 aromatic carbocycles. The first kappa shape index (κ1) is 14.4. The average molecular weight is 319 g/mol. The van der Waals surface area contributed by atoms with Crippen molar-refractivity contribution in [2.75, 3.05) is 0 Å². The van der Waals surface area contributed by atoms with E-state index in [-0.39, 0.29) is 0 Å². The zero-order valence-electron chi connectivity index (χ0n) is 13.5. The van der Waals surface area contributed by atoms with Gasteiger partial charge in [0.1, 0.15) is 17.3 Å². The Balaban J connectivity index is 1.72. The highest BCUT2D eigenvalue weighted by atomic mass is 15.4. The van der Waals surface area contributed by atoms with E-state index < -0.39 is 0 Å². The minimum absolute atomic E-state index is 0.583. The third-order valence-electron chi connectivity index (χ3n) is 3.78. The minimum atomic E-state index is 0.583. The number of aryl methyl sites for hydroxylation is 2. The van der Waals surface area contributed by atoms with Gasteiger partial charge in [0, 0.05) is 25.0 Å². The van der Waals surface area contributed by atoms with Crippen LogP contribution in [0.1, 0.15) is 11.6 Å². The van der Waals surface area contributed by atoms with Gasteiger partial charge in [-0.05, 0) is 6.92 Å². The molecule has 4 aromatic rings. The van der Waals surface area contributed by atoms with Crippen molar-refractivity contribution < 1.29 is 0 Å². The van der Waals surface area contributed by atoms with Gasteiger partial charge < -0.3 is 4.57 Å². The molecule has 0 spiro atoms. The molecule has 0 atom stereocenters. The molecule has 4 rings (SSSR count). The van der Waals surface area contributed by atoms with Gasteiger partial charge in [0.15, 0.2) is 5.82 Å². The van der Waals surface area contributed by atoms with Crippen molar-refractivity contribution >= 4 is 0 Å². The summed E-state index contributed by atoms with van der Waals surface area (Å²) >= 11 is 0. The summed E-state index contributed by atoms with van der Waals surface area (Å²) in [5.74, 6) is 2.49. The monoisotopic (exact) mass is 319 g/mol. The second kappa shape index (κ2) is 5.77. The maximum absolute atomic E-state index is 4.57. The van der Waals surface area contributed by atoms with Crippen molar-refractivity contribution in [3.63, 3.8) is 0 Å². The highest BCUT2D eigenvalue weighted by molar-refractivity contribution is 5.55. The first-order valence-corrected chi connectivity index (χ1v) is 7.69. The Hall–Kier alpha value is -3.22. The Kier molecular flexibility index (Phi) is 3.45. The quantitative estimate of drug-likeness (QED) is 0.578. The van der Waals surface area contributed by atoms with Gasteiger partial charge >= 0.3 is 0 Å². The second-order valence-electron chi connectivity index (χ2n) is 5.60. The van der Waals surface area contributed by atoms with Gasteiger partial charge in [-0.25, -0.2) is 14.6 Å². The predicted molar refractivity (Wildman–Crippen MR) is 89.6 cm³/mol. The van der Waals surface area contributed by atoms with Crippen LogP contribution in [0.3, 0.4) is 0 Å². The lowest BCUT2D eigenvalue weighted by Gasteiger charge is -2.08.